The van der Waals surface area contributed by atoms with Crippen molar-refractivity contribution in [3.8, 4) is 22.8 Å². The molecule has 11 nitrogen and oxygen atoms in total. The van der Waals surface area contributed by atoms with E-state index in [0.29, 0.717) is 47.6 Å². The number of furan rings is 1. The van der Waals surface area contributed by atoms with E-state index in [-0.39, 0.29) is 30.8 Å². The summed E-state index contributed by atoms with van der Waals surface area (Å²) in [6.45, 7) is 8.29. The minimum absolute atomic E-state index is 0.0155. The number of hydrogen-bond donors (Lipinski definition) is 3. The normalized spacial score (nSPS) is 22.5. The van der Waals surface area contributed by atoms with Crippen molar-refractivity contribution in [3.63, 3.8) is 0 Å². The first-order chi connectivity index (χ1) is 20.7. The van der Waals surface area contributed by atoms with Gasteiger partial charge in [0.05, 0.1) is 43.8 Å². The number of nitrogens with zero attached hydrogens (tertiary/aromatic N) is 3. The summed E-state index contributed by atoms with van der Waals surface area (Å²) < 4.78 is 29.6. The number of aryl methyl sites for hydroxylation is 2. The van der Waals surface area contributed by atoms with Crippen molar-refractivity contribution in [1.82, 2.24) is 15.0 Å². The van der Waals surface area contributed by atoms with Gasteiger partial charge in [0.1, 0.15) is 29.2 Å². The molecule has 0 amide bonds. The summed E-state index contributed by atoms with van der Waals surface area (Å²) in [5.74, 6) is 2.32. The summed E-state index contributed by atoms with van der Waals surface area (Å²) in [4.78, 5) is 14.3. The number of fused-ring (bicyclic) bond motifs is 2. The topological polar surface area (TPSA) is 133 Å². The fourth-order valence-corrected chi connectivity index (χ4v) is 6.09. The highest BCUT2D eigenvalue weighted by Gasteiger charge is 2.54. The number of benzene rings is 1. The van der Waals surface area contributed by atoms with E-state index in [2.05, 4.69) is 22.5 Å². The van der Waals surface area contributed by atoms with Crippen molar-refractivity contribution >= 4 is 22.7 Å². The molecule has 3 N–H and O–H groups in total. The molecule has 0 spiro atoms. The fourth-order valence-electron chi connectivity index (χ4n) is 6.09. The van der Waals surface area contributed by atoms with E-state index in [0.717, 1.165) is 34.3 Å². The van der Waals surface area contributed by atoms with E-state index < -0.39 is 5.79 Å². The second-order valence-corrected chi connectivity index (χ2v) is 11.6. The average Bonchev–Trinajstić information content (AvgIpc) is 3.65. The van der Waals surface area contributed by atoms with E-state index >= 15 is 0 Å². The molecule has 4 heterocycles. The maximum absolute atomic E-state index is 10.1. The zero-order chi connectivity index (χ0) is 30.3. The van der Waals surface area contributed by atoms with Crippen LogP contribution in [-0.4, -0.2) is 64.9 Å². The van der Waals surface area contributed by atoms with Gasteiger partial charge in [0.2, 0.25) is 5.95 Å². The van der Waals surface area contributed by atoms with Crippen molar-refractivity contribution in [2.75, 3.05) is 31.5 Å². The van der Waals surface area contributed by atoms with Gasteiger partial charge in [-0.05, 0) is 63.4 Å². The third kappa shape index (κ3) is 5.84. The summed E-state index contributed by atoms with van der Waals surface area (Å²) in [7, 11) is 3.25. The quantitative estimate of drug-likeness (QED) is 0.228. The van der Waals surface area contributed by atoms with Gasteiger partial charge in [-0.25, -0.2) is 4.98 Å². The number of methoxy groups -OCH3 is 2. The van der Waals surface area contributed by atoms with E-state index in [1.54, 1.807) is 20.4 Å². The highest BCUT2D eigenvalue weighted by Crippen LogP contribution is 2.44. The lowest BCUT2D eigenvalue weighted by Gasteiger charge is -2.25. The second-order valence-electron chi connectivity index (χ2n) is 11.6. The van der Waals surface area contributed by atoms with Crippen LogP contribution < -0.4 is 20.1 Å². The predicted molar refractivity (Wildman–Crippen MR) is 162 cm³/mol. The van der Waals surface area contributed by atoms with Gasteiger partial charge in [0, 0.05) is 36.2 Å². The van der Waals surface area contributed by atoms with Gasteiger partial charge in [0.15, 0.2) is 11.4 Å². The van der Waals surface area contributed by atoms with E-state index in [9.17, 15) is 5.11 Å². The first-order valence-corrected chi connectivity index (χ1v) is 14.7. The van der Waals surface area contributed by atoms with Crippen LogP contribution >= 0.6 is 0 Å². The standard InChI is InChI=1S/C32H39N5O6/c1-7-21-10-19-12-25(41-26(19)15-33-21)27-17(2)35-31(34-14-18-8-22(39-5)13-23(9-18)40-6)37-30(27)36-24-11-20(16-38)28-29(24)43-32(3,4)42-28/h8-10,12-13,15,20,24,28-29,38H,7,11,14,16H2,1-6H3,(H2,34,35,36,37). The van der Waals surface area contributed by atoms with Crippen LogP contribution in [0.5, 0.6) is 11.5 Å². The second kappa shape index (κ2) is 11.6. The van der Waals surface area contributed by atoms with Crippen LogP contribution in [0.2, 0.25) is 0 Å². The molecule has 43 heavy (non-hydrogen) atoms. The summed E-state index contributed by atoms with van der Waals surface area (Å²) in [5.41, 5.74) is 4.14. The first kappa shape index (κ1) is 29.2. The molecule has 1 aromatic carbocycles. The minimum atomic E-state index is -0.735. The van der Waals surface area contributed by atoms with Gasteiger partial charge in [-0.1, -0.05) is 6.92 Å². The van der Waals surface area contributed by atoms with Crippen molar-refractivity contribution < 1.29 is 28.5 Å². The number of rotatable bonds is 10. The highest BCUT2D eigenvalue weighted by atomic mass is 16.8. The molecular formula is C32H39N5O6. The SMILES string of the molecule is CCc1cc2cc(-c3c(C)nc(NCc4cc(OC)cc(OC)c4)nc3NC3CC(CO)C4OC(C)(C)OC34)oc2cn1. The molecule has 3 aromatic heterocycles. The molecule has 2 aliphatic rings. The van der Waals surface area contributed by atoms with E-state index in [1.807, 2.05) is 51.1 Å². The van der Waals surface area contributed by atoms with Crippen LogP contribution in [0.3, 0.4) is 0 Å². The van der Waals surface area contributed by atoms with Crippen LogP contribution in [0.25, 0.3) is 22.3 Å². The first-order valence-electron chi connectivity index (χ1n) is 14.7. The van der Waals surface area contributed by atoms with Crippen LogP contribution in [-0.2, 0) is 22.4 Å². The molecular weight excluding hydrogens is 550 g/mol. The Hall–Kier alpha value is -3.93. The number of aliphatic hydroxyl groups is 1. The molecule has 0 radical (unpaired) electrons. The molecule has 6 rings (SSSR count). The maximum Gasteiger partial charge on any atom is 0.225 e. The molecule has 1 aliphatic carbocycles. The van der Waals surface area contributed by atoms with Gasteiger partial charge in [-0.15, -0.1) is 0 Å². The van der Waals surface area contributed by atoms with Crippen molar-refractivity contribution in [2.45, 2.75) is 71.1 Å². The molecule has 1 aliphatic heterocycles. The van der Waals surface area contributed by atoms with Gasteiger partial charge in [-0.2, -0.15) is 4.98 Å². The van der Waals surface area contributed by atoms with Gasteiger partial charge >= 0.3 is 0 Å². The molecule has 11 heteroatoms. The van der Waals surface area contributed by atoms with Crippen LogP contribution in [0.1, 0.15) is 44.1 Å². The summed E-state index contributed by atoms with van der Waals surface area (Å²) in [6.07, 6.45) is 2.80. The third-order valence-electron chi connectivity index (χ3n) is 8.16. The molecule has 228 valence electrons. The van der Waals surface area contributed by atoms with Crippen molar-refractivity contribution in [2.24, 2.45) is 5.92 Å². The maximum atomic E-state index is 10.1. The lowest BCUT2D eigenvalue weighted by Crippen LogP contribution is -2.35. The number of ether oxygens (including phenoxy) is 4. The van der Waals surface area contributed by atoms with Gasteiger partial charge < -0.3 is 39.1 Å². The third-order valence-corrected chi connectivity index (χ3v) is 8.16. The summed E-state index contributed by atoms with van der Waals surface area (Å²) >= 11 is 0. The Morgan fingerprint density at radius 1 is 1.02 bits per heavy atom. The van der Waals surface area contributed by atoms with Crippen LogP contribution in [0, 0.1) is 12.8 Å². The van der Waals surface area contributed by atoms with Crippen molar-refractivity contribution in [1.29, 1.82) is 0 Å². The Kier molecular flexibility index (Phi) is 7.89. The van der Waals surface area contributed by atoms with Gasteiger partial charge in [-0.3, -0.25) is 4.98 Å². The Balaban J connectivity index is 1.36. The molecule has 4 atom stereocenters. The average molecular weight is 590 g/mol. The molecule has 1 saturated carbocycles. The minimum Gasteiger partial charge on any atom is -0.497 e. The molecule has 2 fully saturated rings. The number of nitrogens with one attached hydrogen (secondary N) is 2. The van der Waals surface area contributed by atoms with E-state index in [1.165, 1.54) is 0 Å². The number of hydrogen-bond acceptors (Lipinski definition) is 11. The fraction of sp³-hybridized carbons (Fsp3) is 0.469. The predicted octanol–water partition coefficient (Wildman–Crippen LogP) is 5.10. The Morgan fingerprint density at radius 2 is 1.77 bits per heavy atom. The number of pyridine rings is 1. The smallest absolute Gasteiger partial charge is 0.225 e. The monoisotopic (exact) mass is 589 g/mol. The molecule has 0 bridgehead atoms. The summed E-state index contributed by atoms with van der Waals surface area (Å²) in [5, 5.41) is 18.1. The Labute approximate surface area is 250 Å². The zero-order valence-electron chi connectivity index (χ0n) is 25.4. The Bertz CT molecular complexity index is 1600. The number of anilines is 2. The van der Waals surface area contributed by atoms with Crippen LogP contribution in [0.15, 0.2) is 40.9 Å². The largest absolute Gasteiger partial charge is 0.497 e. The lowest BCUT2D eigenvalue weighted by molar-refractivity contribution is -0.158. The van der Waals surface area contributed by atoms with E-state index in [4.69, 9.17) is 33.3 Å². The summed E-state index contributed by atoms with van der Waals surface area (Å²) in [6, 6.07) is 9.62. The number of aliphatic hydroxyl groups excluding tert-OH is 1. The highest BCUT2D eigenvalue weighted by molar-refractivity contribution is 5.86. The lowest BCUT2D eigenvalue weighted by atomic mass is 10.1. The number of aromatic nitrogens is 3. The zero-order valence-corrected chi connectivity index (χ0v) is 25.4. The molecule has 4 aromatic rings. The van der Waals surface area contributed by atoms with Gasteiger partial charge in [0.25, 0.3) is 0 Å². The molecule has 4 unspecified atom stereocenters. The van der Waals surface area contributed by atoms with Crippen LogP contribution in [0.4, 0.5) is 11.8 Å². The molecule has 1 saturated heterocycles. The van der Waals surface area contributed by atoms with Crippen molar-refractivity contribution in [3.05, 3.63) is 53.5 Å². The Morgan fingerprint density at radius 3 is 2.47 bits per heavy atom.